The van der Waals surface area contributed by atoms with Crippen LogP contribution in [0.2, 0.25) is 0 Å². The quantitative estimate of drug-likeness (QED) is 0.885. The highest BCUT2D eigenvalue weighted by molar-refractivity contribution is 7.89. The van der Waals surface area contributed by atoms with Gasteiger partial charge in [0.1, 0.15) is 4.88 Å². The summed E-state index contributed by atoms with van der Waals surface area (Å²) in [5.41, 5.74) is 0. The molecule has 1 N–H and O–H groups in total. The van der Waals surface area contributed by atoms with Gasteiger partial charge in [0.2, 0.25) is 10.0 Å². The molecule has 8 heteroatoms. The second-order valence-electron chi connectivity index (χ2n) is 5.15. The van der Waals surface area contributed by atoms with Crippen molar-refractivity contribution < 1.29 is 18.3 Å². The zero-order valence-electron chi connectivity index (χ0n) is 12.2. The lowest BCUT2D eigenvalue weighted by molar-refractivity contribution is 0.0702. The zero-order valence-corrected chi connectivity index (χ0v) is 13.8. The third-order valence-electron chi connectivity index (χ3n) is 3.91. The molecular weight excluding hydrogens is 312 g/mol. The molecule has 6 nitrogen and oxygen atoms in total. The number of carbonyl (C=O) groups is 1. The summed E-state index contributed by atoms with van der Waals surface area (Å²) in [4.78, 5) is 13.3. The van der Waals surface area contributed by atoms with Gasteiger partial charge in [-0.3, -0.25) is 4.90 Å². The summed E-state index contributed by atoms with van der Waals surface area (Å²) in [6.45, 7) is 6.58. The molecule has 1 aliphatic heterocycles. The van der Waals surface area contributed by atoms with E-state index in [1.54, 1.807) is 0 Å². The zero-order chi connectivity index (χ0) is 15.6. The van der Waals surface area contributed by atoms with Crippen molar-refractivity contribution >= 4 is 27.3 Å². The van der Waals surface area contributed by atoms with Crippen molar-refractivity contribution in [2.45, 2.75) is 31.2 Å². The van der Waals surface area contributed by atoms with E-state index in [2.05, 4.69) is 18.7 Å². The molecule has 0 bridgehead atoms. The van der Waals surface area contributed by atoms with Crippen molar-refractivity contribution in [3.63, 3.8) is 0 Å². The Morgan fingerprint density at radius 3 is 2.48 bits per heavy atom. The molecule has 0 amide bonds. The summed E-state index contributed by atoms with van der Waals surface area (Å²) in [6, 6.07) is 1.69. The predicted octanol–water partition coefficient (Wildman–Crippen LogP) is 1.55. The van der Waals surface area contributed by atoms with E-state index in [9.17, 15) is 13.2 Å². The van der Waals surface area contributed by atoms with Crippen molar-refractivity contribution in [2.24, 2.45) is 0 Å². The average molecular weight is 332 g/mol. The predicted molar refractivity (Wildman–Crippen MR) is 81.4 cm³/mol. The lowest BCUT2D eigenvalue weighted by Gasteiger charge is -2.37. The molecule has 21 heavy (non-hydrogen) atoms. The van der Waals surface area contributed by atoms with Gasteiger partial charge in [-0.15, -0.1) is 11.3 Å². The smallest absolute Gasteiger partial charge is 0.345 e. The van der Waals surface area contributed by atoms with Crippen molar-refractivity contribution in [2.75, 3.05) is 26.2 Å². The second-order valence-corrected chi connectivity index (χ2v) is 8.00. The Morgan fingerprint density at radius 1 is 1.38 bits per heavy atom. The van der Waals surface area contributed by atoms with Crippen molar-refractivity contribution in [1.82, 2.24) is 9.21 Å². The molecule has 1 fully saturated rings. The van der Waals surface area contributed by atoms with Gasteiger partial charge in [-0.05, 0) is 19.4 Å². The highest BCUT2D eigenvalue weighted by Crippen LogP contribution is 2.24. The average Bonchev–Trinajstić information content (AvgIpc) is 2.97. The maximum atomic E-state index is 12.5. The van der Waals surface area contributed by atoms with Crippen LogP contribution in [0.4, 0.5) is 0 Å². The van der Waals surface area contributed by atoms with E-state index in [1.807, 2.05) is 0 Å². The molecule has 2 heterocycles. The molecule has 0 aromatic carbocycles. The summed E-state index contributed by atoms with van der Waals surface area (Å²) in [5, 5.41) is 10.3. The number of rotatable bonds is 5. The van der Waals surface area contributed by atoms with Gasteiger partial charge in [-0.25, -0.2) is 13.2 Å². The summed E-state index contributed by atoms with van der Waals surface area (Å²) in [6.07, 6.45) is 1.04. The van der Waals surface area contributed by atoms with Crippen LogP contribution >= 0.6 is 11.3 Å². The van der Waals surface area contributed by atoms with Gasteiger partial charge < -0.3 is 5.11 Å². The number of hydrogen-bond acceptors (Lipinski definition) is 5. The molecule has 118 valence electrons. The van der Waals surface area contributed by atoms with Crippen LogP contribution in [0.5, 0.6) is 0 Å². The van der Waals surface area contributed by atoms with E-state index in [4.69, 9.17) is 5.11 Å². The van der Waals surface area contributed by atoms with E-state index >= 15 is 0 Å². The fourth-order valence-electron chi connectivity index (χ4n) is 2.36. The Kier molecular flexibility index (Phi) is 5.03. The highest BCUT2D eigenvalue weighted by atomic mass is 32.2. The summed E-state index contributed by atoms with van der Waals surface area (Å²) >= 11 is 0.942. The molecule has 0 radical (unpaired) electrons. The molecule has 1 aliphatic rings. The van der Waals surface area contributed by atoms with E-state index in [1.165, 1.54) is 15.8 Å². The number of aromatic carboxylic acids is 1. The van der Waals surface area contributed by atoms with Gasteiger partial charge in [0.25, 0.3) is 0 Å². The molecule has 1 unspecified atom stereocenters. The molecule has 0 aliphatic carbocycles. The Labute approximate surface area is 129 Å². The van der Waals surface area contributed by atoms with E-state index in [0.717, 1.165) is 17.8 Å². The summed E-state index contributed by atoms with van der Waals surface area (Å²) in [7, 11) is -3.58. The van der Waals surface area contributed by atoms with Gasteiger partial charge in [0.15, 0.2) is 0 Å². The Balaban J connectivity index is 2.09. The number of carboxylic acid groups (broad SMARTS) is 1. The van der Waals surface area contributed by atoms with Crippen LogP contribution in [-0.2, 0) is 10.0 Å². The first-order valence-electron chi connectivity index (χ1n) is 6.92. The summed E-state index contributed by atoms with van der Waals surface area (Å²) in [5.74, 6) is -1.09. The molecule has 1 aromatic heterocycles. The van der Waals surface area contributed by atoms with E-state index in [0.29, 0.717) is 32.2 Å². The number of nitrogens with zero attached hydrogens (tertiary/aromatic N) is 2. The van der Waals surface area contributed by atoms with Gasteiger partial charge in [0, 0.05) is 37.6 Å². The lowest BCUT2D eigenvalue weighted by atomic mass is 10.2. The van der Waals surface area contributed by atoms with Gasteiger partial charge in [-0.1, -0.05) is 6.92 Å². The highest BCUT2D eigenvalue weighted by Gasteiger charge is 2.30. The fraction of sp³-hybridized carbons (Fsp3) is 0.615. The fourth-order valence-corrected chi connectivity index (χ4v) is 4.88. The number of piperazine rings is 1. The largest absolute Gasteiger partial charge is 0.477 e. The minimum absolute atomic E-state index is 0.0480. The Morgan fingerprint density at radius 2 is 2.00 bits per heavy atom. The Bertz CT molecular complexity index is 603. The first kappa shape index (κ1) is 16.4. The molecule has 2 rings (SSSR count). The van der Waals surface area contributed by atoms with Gasteiger partial charge in [-0.2, -0.15) is 4.31 Å². The van der Waals surface area contributed by atoms with Crippen LogP contribution < -0.4 is 0 Å². The third-order valence-corrected chi connectivity index (χ3v) is 6.86. The normalized spacial score (nSPS) is 19.5. The van der Waals surface area contributed by atoms with Crippen LogP contribution in [0.25, 0.3) is 0 Å². The van der Waals surface area contributed by atoms with Crippen molar-refractivity contribution in [1.29, 1.82) is 0 Å². The minimum atomic E-state index is -3.58. The number of sulfonamides is 1. The number of thiophene rings is 1. The standard InChI is InChI=1S/C13H20N2O4S2/c1-3-10(2)14-4-6-15(7-5-14)21(18,19)11-8-12(13(16)17)20-9-11/h8-10H,3-7H2,1-2H3,(H,16,17). The molecule has 1 atom stereocenters. The van der Waals surface area contributed by atoms with E-state index < -0.39 is 16.0 Å². The number of hydrogen-bond donors (Lipinski definition) is 1. The molecule has 0 saturated carbocycles. The first-order valence-corrected chi connectivity index (χ1v) is 9.24. The molecular formula is C13H20N2O4S2. The van der Waals surface area contributed by atoms with Crippen LogP contribution in [-0.4, -0.2) is 60.9 Å². The monoisotopic (exact) mass is 332 g/mol. The van der Waals surface area contributed by atoms with Crippen molar-refractivity contribution in [3.8, 4) is 0 Å². The van der Waals surface area contributed by atoms with Crippen LogP contribution in [0.1, 0.15) is 29.9 Å². The van der Waals surface area contributed by atoms with Crippen LogP contribution in [0.3, 0.4) is 0 Å². The molecule has 1 saturated heterocycles. The van der Waals surface area contributed by atoms with Crippen molar-refractivity contribution in [3.05, 3.63) is 16.3 Å². The third kappa shape index (κ3) is 3.45. The van der Waals surface area contributed by atoms with E-state index in [-0.39, 0.29) is 9.77 Å². The maximum Gasteiger partial charge on any atom is 0.345 e. The van der Waals surface area contributed by atoms with Crippen LogP contribution in [0.15, 0.2) is 16.3 Å². The number of carboxylic acids is 1. The topological polar surface area (TPSA) is 77.9 Å². The second kappa shape index (κ2) is 6.43. The van der Waals surface area contributed by atoms with Gasteiger partial charge in [0.05, 0.1) is 4.90 Å². The summed E-state index contributed by atoms with van der Waals surface area (Å²) < 4.78 is 26.4. The first-order chi connectivity index (χ1) is 9.86. The van der Waals surface area contributed by atoms with Gasteiger partial charge >= 0.3 is 5.97 Å². The van der Waals surface area contributed by atoms with Crippen LogP contribution in [0, 0.1) is 0 Å². The Hall–Kier alpha value is -0.960. The maximum absolute atomic E-state index is 12.5. The minimum Gasteiger partial charge on any atom is -0.477 e. The molecule has 0 spiro atoms. The molecule has 1 aromatic rings. The lowest BCUT2D eigenvalue weighted by Crippen LogP contribution is -2.51. The SMILES string of the molecule is CCC(C)N1CCN(S(=O)(=O)c2csc(C(=O)O)c2)CC1.